The fraction of sp³-hybridized carbons (Fsp3) is 0.417. The highest BCUT2D eigenvalue weighted by molar-refractivity contribution is 7.22. The maximum atomic E-state index is 14.7. The molecule has 1 saturated heterocycles. The zero-order valence-corrected chi connectivity index (χ0v) is 20.0. The molecule has 2 aliphatic rings. The Balaban J connectivity index is 1.22. The van der Waals surface area contributed by atoms with Crippen molar-refractivity contribution in [3.05, 3.63) is 41.8 Å². The summed E-state index contributed by atoms with van der Waals surface area (Å²) >= 11 is 1.40. The number of hydrogen-bond acceptors (Lipinski definition) is 7. The third kappa shape index (κ3) is 5.51. The molecule has 0 unspecified atom stereocenters. The smallest absolute Gasteiger partial charge is 0.407 e. The molecule has 0 atom stereocenters. The first-order valence-corrected chi connectivity index (χ1v) is 12.6. The molecule has 2 amide bonds. The summed E-state index contributed by atoms with van der Waals surface area (Å²) in [5, 5.41) is 16.0. The molecule has 184 valence electrons. The van der Waals surface area contributed by atoms with Gasteiger partial charge < -0.3 is 20.6 Å². The molecule has 2 fully saturated rings. The minimum atomic E-state index is -0.869. The lowest BCUT2D eigenvalue weighted by atomic mass is 10.1. The second-order valence-corrected chi connectivity index (χ2v) is 9.94. The Morgan fingerprint density at radius 2 is 2.00 bits per heavy atom. The zero-order chi connectivity index (χ0) is 24.4. The number of fused-ring (bicyclic) bond motifs is 1. The van der Waals surface area contributed by atoms with Gasteiger partial charge in [0.25, 0.3) is 5.91 Å². The lowest BCUT2D eigenvalue weighted by Gasteiger charge is -2.33. The van der Waals surface area contributed by atoms with E-state index in [2.05, 4.69) is 25.5 Å². The van der Waals surface area contributed by atoms with E-state index in [-0.39, 0.29) is 17.6 Å². The number of carbonyl (C=O) groups excluding carboxylic acids is 1. The molecule has 0 bridgehead atoms. The summed E-state index contributed by atoms with van der Waals surface area (Å²) in [4.78, 5) is 36.4. The van der Waals surface area contributed by atoms with Crippen LogP contribution in [0.5, 0.6) is 0 Å². The number of carbonyl (C=O) groups is 2. The number of nitrogens with one attached hydrogen (secondary N) is 2. The minimum Gasteiger partial charge on any atom is -0.465 e. The fourth-order valence-electron chi connectivity index (χ4n) is 4.16. The van der Waals surface area contributed by atoms with E-state index in [9.17, 15) is 14.0 Å². The van der Waals surface area contributed by atoms with Crippen LogP contribution in [0.3, 0.4) is 0 Å². The number of thiophene rings is 1. The Bertz CT molecular complexity index is 1240. The van der Waals surface area contributed by atoms with Gasteiger partial charge >= 0.3 is 6.09 Å². The maximum absolute atomic E-state index is 14.7. The molecule has 1 aliphatic carbocycles. The summed E-state index contributed by atoms with van der Waals surface area (Å²) in [7, 11) is 0. The lowest BCUT2D eigenvalue weighted by Crippen LogP contribution is -2.48. The number of rotatable bonds is 8. The molecular weight excluding hydrogens is 471 g/mol. The van der Waals surface area contributed by atoms with Gasteiger partial charge in [-0.25, -0.2) is 19.2 Å². The fourth-order valence-corrected chi connectivity index (χ4v) is 5.24. The Labute approximate surface area is 206 Å². The Kier molecular flexibility index (Phi) is 6.78. The van der Waals surface area contributed by atoms with Crippen LogP contribution in [0.25, 0.3) is 20.7 Å². The van der Waals surface area contributed by atoms with E-state index in [0.717, 1.165) is 49.0 Å². The van der Waals surface area contributed by atoms with Gasteiger partial charge in [-0.05, 0) is 44.0 Å². The molecule has 3 heterocycles. The average Bonchev–Trinajstić information content (AvgIpc) is 3.56. The topological polar surface area (TPSA) is 111 Å². The number of aromatic nitrogens is 2. The van der Waals surface area contributed by atoms with Crippen molar-refractivity contribution in [2.24, 2.45) is 0 Å². The monoisotopic (exact) mass is 498 g/mol. The Hall–Kier alpha value is -3.31. The number of benzene rings is 1. The van der Waals surface area contributed by atoms with Crippen LogP contribution in [0.4, 0.5) is 15.1 Å². The Morgan fingerprint density at radius 1 is 1.20 bits per heavy atom. The SMILES string of the molecule is O=C(NC1CC1)c1cccc2sc(-c3nc(NCCCN4CCN(C(=O)O)CC4)ncc3F)cc12. The number of amides is 2. The third-order valence-electron chi connectivity index (χ3n) is 6.27. The Morgan fingerprint density at radius 3 is 2.74 bits per heavy atom. The molecule has 9 nitrogen and oxygen atoms in total. The van der Waals surface area contributed by atoms with Gasteiger partial charge in [0, 0.05) is 54.4 Å². The zero-order valence-electron chi connectivity index (χ0n) is 19.2. The van der Waals surface area contributed by atoms with Gasteiger partial charge in [0.15, 0.2) is 5.82 Å². The summed E-state index contributed by atoms with van der Waals surface area (Å²) in [6.45, 7) is 3.92. The van der Waals surface area contributed by atoms with Gasteiger partial charge in [-0.2, -0.15) is 0 Å². The normalized spacial score (nSPS) is 16.4. The molecule has 2 aromatic heterocycles. The number of carboxylic acid groups (broad SMARTS) is 1. The molecule has 1 aromatic carbocycles. The van der Waals surface area contributed by atoms with Crippen LogP contribution in [0.2, 0.25) is 0 Å². The van der Waals surface area contributed by atoms with Crippen LogP contribution in [0.1, 0.15) is 29.6 Å². The molecule has 0 radical (unpaired) electrons. The molecule has 1 saturated carbocycles. The second-order valence-electron chi connectivity index (χ2n) is 8.86. The van der Waals surface area contributed by atoms with Crippen molar-refractivity contribution in [3.63, 3.8) is 0 Å². The number of anilines is 1. The van der Waals surface area contributed by atoms with Gasteiger partial charge in [0.2, 0.25) is 5.95 Å². The van der Waals surface area contributed by atoms with E-state index in [1.54, 1.807) is 6.07 Å². The standard InChI is InChI=1S/C24H27FN6O3S/c25-18-14-27-23(26-7-2-8-30-9-11-31(12-10-30)24(33)34)29-21(18)20-13-17-16(3-1-4-19(17)35-20)22(32)28-15-5-6-15/h1,3-4,13-15H,2,5-12H2,(H,28,32)(H,33,34)(H,26,27,29). The number of nitrogens with zero attached hydrogens (tertiary/aromatic N) is 4. The van der Waals surface area contributed by atoms with Crippen LogP contribution in [-0.2, 0) is 0 Å². The van der Waals surface area contributed by atoms with E-state index in [1.165, 1.54) is 22.4 Å². The van der Waals surface area contributed by atoms with Crippen molar-refractivity contribution >= 4 is 39.4 Å². The quantitative estimate of drug-likeness (QED) is 0.408. The predicted molar refractivity (Wildman–Crippen MR) is 132 cm³/mol. The van der Waals surface area contributed by atoms with Gasteiger partial charge in [0.1, 0.15) is 5.69 Å². The summed E-state index contributed by atoms with van der Waals surface area (Å²) in [6, 6.07) is 7.65. The highest BCUT2D eigenvalue weighted by atomic mass is 32.1. The molecule has 11 heteroatoms. The summed E-state index contributed by atoms with van der Waals surface area (Å²) < 4.78 is 15.6. The van der Waals surface area contributed by atoms with Crippen LogP contribution in [-0.4, -0.2) is 82.2 Å². The molecule has 0 spiro atoms. The maximum Gasteiger partial charge on any atom is 0.407 e. The molecular formula is C24H27FN6O3S. The van der Waals surface area contributed by atoms with E-state index in [4.69, 9.17) is 5.11 Å². The number of hydrogen-bond donors (Lipinski definition) is 3. The molecule has 35 heavy (non-hydrogen) atoms. The predicted octanol–water partition coefficient (Wildman–Crippen LogP) is 3.49. The van der Waals surface area contributed by atoms with Crippen molar-refractivity contribution < 1.29 is 19.1 Å². The van der Waals surface area contributed by atoms with Crippen LogP contribution in [0, 0.1) is 5.82 Å². The average molecular weight is 499 g/mol. The van der Waals surface area contributed by atoms with Crippen molar-refractivity contribution in [2.45, 2.75) is 25.3 Å². The van der Waals surface area contributed by atoms with E-state index in [0.29, 0.717) is 36.0 Å². The van der Waals surface area contributed by atoms with Crippen molar-refractivity contribution in [2.75, 3.05) is 44.6 Å². The second kappa shape index (κ2) is 10.1. The summed E-state index contributed by atoms with van der Waals surface area (Å²) in [6.07, 6.45) is 3.15. The van der Waals surface area contributed by atoms with Gasteiger partial charge in [0.05, 0.1) is 11.1 Å². The molecule has 1 aliphatic heterocycles. The number of piperazine rings is 1. The summed E-state index contributed by atoms with van der Waals surface area (Å²) in [5.74, 6) is -0.263. The van der Waals surface area contributed by atoms with E-state index >= 15 is 0 Å². The van der Waals surface area contributed by atoms with Crippen LogP contribution >= 0.6 is 11.3 Å². The van der Waals surface area contributed by atoms with Crippen molar-refractivity contribution in [1.29, 1.82) is 0 Å². The molecule has 3 N–H and O–H groups in total. The van der Waals surface area contributed by atoms with Crippen LogP contribution < -0.4 is 10.6 Å². The van der Waals surface area contributed by atoms with Crippen molar-refractivity contribution in [3.8, 4) is 10.6 Å². The largest absolute Gasteiger partial charge is 0.465 e. The van der Waals surface area contributed by atoms with Gasteiger partial charge in [-0.3, -0.25) is 9.69 Å². The number of halogens is 1. The lowest BCUT2D eigenvalue weighted by molar-refractivity contribution is 0.0952. The summed E-state index contributed by atoms with van der Waals surface area (Å²) in [5.41, 5.74) is 0.802. The molecule has 3 aromatic rings. The first-order valence-electron chi connectivity index (χ1n) is 11.8. The third-order valence-corrected chi connectivity index (χ3v) is 7.38. The van der Waals surface area contributed by atoms with E-state index < -0.39 is 11.9 Å². The highest BCUT2D eigenvalue weighted by Gasteiger charge is 2.25. The first kappa shape index (κ1) is 23.4. The van der Waals surface area contributed by atoms with Crippen LogP contribution in [0.15, 0.2) is 30.5 Å². The molecule has 5 rings (SSSR count). The van der Waals surface area contributed by atoms with Gasteiger partial charge in [-0.1, -0.05) is 6.07 Å². The minimum absolute atomic E-state index is 0.0997. The van der Waals surface area contributed by atoms with E-state index in [1.807, 2.05) is 18.2 Å². The van der Waals surface area contributed by atoms with Crippen molar-refractivity contribution in [1.82, 2.24) is 25.1 Å². The van der Waals surface area contributed by atoms with Gasteiger partial charge in [-0.15, -0.1) is 11.3 Å². The first-order chi connectivity index (χ1) is 17.0. The highest BCUT2D eigenvalue weighted by Crippen LogP contribution is 2.36.